The fourth-order valence-corrected chi connectivity index (χ4v) is 2.46. The number of carbonyl (C=O) groups is 1. The van der Waals surface area contributed by atoms with E-state index in [1.54, 1.807) is 0 Å². The van der Waals surface area contributed by atoms with Gasteiger partial charge in [0, 0.05) is 13.0 Å². The lowest BCUT2D eigenvalue weighted by Gasteiger charge is -2.07. The molecule has 0 radical (unpaired) electrons. The number of benzene rings is 1. The van der Waals surface area contributed by atoms with E-state index in [0.29, 0.717) is 18.9 Å². The van der Waals surface area contributed by atoms with Crippen molar-refractivity contribution < 1.29 is 22.7 Å². The number of unbranched alkanes of at least 4 members (excludes halogenated alkanes) is 1. The maximum Gasteiger partial charge on any atom is 0.335 e. The lowest BCUT2D eigenvalue weighted by Crippen LogP contribution is -2.25. The molecule has 0 spiro atoms. The highest BCUT2D eigenvalue weighted by Crippen LogP contribution is 2.16. The Hall–Kier alpha value is -1.91. The standard InChI is InChI=1S/C12H12FNO4S/c1-2-3-4-7-14-19(17,18)11-6-5-9(12(15)16)8-10(11)13/h1,5-6,8,14H,3-4,7H2,(H,15,16). The molecule has 1 rings (SSSR count). The fourth-order valence-electron chi connectivity index (χ4n) is 1.33. The van der Waals surface area contributed by atoms with Gasteiger partial charge in [0.05, 0.1) is 5.56 Å². The van der Waals surface area contributed by atoms with Crippen molar-refractivity contribution >= 4 is 16.0 Å². The number of sulfonamides is 1. The second-order valence-electron chi connectivity index (χ2n) is 3.66. The summed E-state index contributed by atoms with van der Waals surface area (Å²) in [6.45, 7) is 0.0899. The van der Waals surface area contributed by atoms with Gasteiger partial charge < -0.3 is 5.11 Å². The monoisotopic (exact) mass is 285 g/mol. The molecular weight excluding hydrogens is 273 g/mol. The Labute approximate surface area is 110 Å². The number of hydrogen-bond acceptors (Lipinski definition) is 3. The number of halogens is 1. The number of terminal acetylenes is 1. The molecule has 0 fully saturated rings. The van der Waals surface area contributed by atoms with Crippen molar-refractivity contribution in [1.29, 1.82) is 0 Å². The summed E-state index contributed by atoms with van der Waals surface area (Å²) >= 11 is 0. The quantitative estimate of drug-likeness (QED) is 0.608. The second kappa shape index (κ2) is 6.31. The number of nitrogens with one attached hydrogen (secondary N) is 1. The van der Waals surface area contributed by atoms with Crippen LogP contribution in [-0.2, 0) is 10.0 Å². The smallest absolute Gasteiger partial charge is 0.335 e. The van der Waals surface area contributed by atoms with Crippen LogP contribution in [0.15, 0.2) is 23.1 Å². The van der Waals surface area contributed by atoms with Gasteiger partial charge in [-0.3, -0.25) is 0 Å². The van der Waals surface area contributed by atoms with Crippen LogP contribution in [0.3, 0.4) is 0 Å². The predicted molar refractivity (Wildman–Crippen MR) is 66.6 cm³/mol. The van der Waals surface area contributed by atoms with Gasteiger partial charge in [-0.2, -0.15) is 0 Å². The first-order chi connectivity index (χ1) is 8.88. The molecule has 7 heteroatoms. The topological polar surface area (TPSA) is 83.5 Å². The lowest BCUT2D eigenvalue weighted by atomic mass is 10.2. The van der Waals surface area contributed by atoms with E-state index in [4.69, 9.17) is 11.5 Å². The largest absolute Gasteiger partial charge is 0.478 e. The van der Waals surface area contributed by atoms with E-state index in [9.17, 15) is 17.6 Å². The molecule has 5 nitrogen and oxygen atoms in total. The molecule has 0 unspecified atom stereocenters. The molecule has 0 aliphatic heterocycles. The number of rotatable bonds is 6. The molecule has 0 aliphatic carbocycles. The summed E-state index contributed by atoms with van der Waals surface area (Å²) in [5.41, 5.74) is -0.316. The Kier molecular flexibility index (Phi) is 5.03. The van der Waals surface area contributed by atoms with Crippen LogP contribution in [0.25, 0.3) is 0 Å². The van der Waals surface area contributed by atoms with Crippen LogP contribution in [0.1, 0.15) is 23.2 Å². The third-order valence-corrected chi connectivity index (χ3v) is 3.75. The molecule has 0 saturated carbocycles. The van der Waals surface area contributed by atoms with Gasteiger partial charge >= 0.3 is 5.97 Å². The van der Waals surface area contributed by atoms with Crippen LogP contribution in [0.4, 0.5) is 4.39 Å². The van der Waals surface area contributed by atoms with Crippen molar-refractivity contribution in [1.82, 2.24) is 4.72 Å². The maximum absolute atomic E-state index is 13.6. The zero-order valence-electron chi connectivity index (χ0n) is 9.89. The normalized spacial score (nSPS) is 10.9. The SMILES string of the molecule is C#CCCCNS(=O)(=O)c1ccc(C(=O)O)cc1F. The average Bonchev–Trinajstić information content (AvgIpc) is 2.34. The molecule has 0 atom stereocenters. The molecule has 0 aliphatic rings. The summed E-state index contributed by atoms with van der Waals surface area (Å²) < 4.78 is 39.2. The lowest BCUT2D eigenvalue weighted by molar-refractivity contribution is 0.0696. The summed E-state index contributed by atoms with van der Waals surface area (Å²) in [7, 11) is -4.00. The highest BCUT2D eigenvalue weighted by molar-refractivity contribution is 7.89. The van der Waals surface area contributed by atoms with Crippen LogP contribution in [0.5, 0.6) is 0 Å². The van der Waals surface area contributed by atoms with E-state index < -0.39 is 26.7 Å². The first-order valence-corrected chi connectivity index (χ1v) is 6.83. The summed E-state index contributed by atoms with van der Waals surface area (Å²) in [4.78, 5) is 10.0. The van der Waals surface area contributed by atoms with Gasteiger partial charge in [0.15, 0.2) is 0 Å². The second-order valence-corrected chi connectivity index (χ2v) is 5.39. The third kappa shape index (κ3) is 4.05. The first kappa shape index (κ1) is 15.1. The van der Waals surface area contributed by atoms with Crippen LogP contribution < -0.4 is 4.72 Å². The minimum atomic E-state index is -4.00. The Bertz CT molecular complexity index is 619. The first-order valence-electron chi connectivity index (χ1n) is 5.34. The van der Waals surface area contributed by atoms with Crippen molar-refractivity contribution in [2.75, 3.05) is 6.54 Å². The van der Waals surface area contributed by atoms with Crippen LogP contribution >= 0.6 is 0 Å². The predicted octanol–water partition coefficient (Wildman–Crippen LogP) is 1.22. The molecule has 2 N–H and O–H groups in total. The van der Waals surface area contributed by atoms with Crippen molar-refractivity contribution in [3.8, 4) is 12.3 Å². The molecule has 0 amide bonds. The van der Waals surface area contributed by atoms with Gasteiger partial charge in [-0.25, -0.2) is 22.3 Å². The van der Waals surface area contributed by atoms with Crippen molar-refractivity contribution in [2.24, 2.45) is 0 Å². The molecule has 0 saturated heterocycles. The van der Waals surface area contributed by atoms with Crippen LogP contribution in [-0.4, -0.2) is 26.0 Å². The zero-order chi connectivity index (χ0) is 14.5. The van der Waals surface area contributed by atoms with Gasteiger partial charge in [-0.15, -0.1) is 12.3 Å². The van der Waals surface area contributed by atoms with Gasteiger partial charge in [0.1, 0.15) is 10.7 Å². The maximum atomic E-state index is 13.6. The van der Waals surface area contributed by atoms with E-state index >= 15 is 0 Å². The van der Waals surface area contributed by atoms with Crippen molar-refractivity contribution in [3.63, 3.8) is 0 Å². The summed E-state index contributed by atoms with van der Waals surface area (Å²) in [6.07, 6.45) is 5.86. The Morgan fingerprint density at radius 1 is 1.47 bits per heavy atom. The van der Waals surface area contributed by atoms with Crippen molar-refractivity contribution in [3.05, 3.63) is 29.6 Å². The van der Waals surface area contributed by atoms with Gasteiger partial charge in [0.2, 0.25) is 10.0 Å². The number of carboxylic acid groups (broad SMARTS) is 1. The minimum absolute atomic E-state index is 0.0899. The van der Waals surface area contributed by atoms with E-state index in [-0.39, 0.29) is 12.1 Å². The average molecular weight is 285 g/mol. The van der Waals surface area contributed by atoms with E-state index in [2.05, 4.69) is 10.6 Å². The molecule has 19 heavy (non-hydrogen) atoms. The van der Waals surface area contributed by atoms with Crippen LogP contribution in [0, 0.1) is 18.2 Å². The summed E-state index contributed by atoms with van der Waals surface area (Å²) in [5.74, 6) is -0.0851. The van der Waals surface area contributed by atoms with Crippen LogP contribution in [0.2, 0.25) is 0 Å². The third-order valence-electron chi connectivity index (χ3n) is 2.26. The molecule has 0 aromatic heterocycles. The number of aromatic carboxylic acids is 1. The molecule has 102 valence electrons. The zero-order valence-corrected chi connectivity index (χ0v) is 10.7. The van der Waals surface area contributed by atoms with Crippen molar-refractivity contribution in [2.45, 2.75) is 17.7 Å². The Morgan fingerprint density at radius 2 is 2.16 bits per heavy atom. The van der Waals surface area contributed by atoms with E-state index in [1.165, 1.54) is 0 Å². The Morgan fingerprint density at radius 3 is 2.68 bits per heavy atom. The molecule has 1 aromatic rings. The molecule has 1 aromatic carbocycles. The molecule has 0 bridgehead atoms. The number of carboxylic acids is 1. The van der Waals surface area contributed by atoms with E-state index in [0.717, 1.165) is 12.1 Å². The Balaban J connectivity index is 2.90. The summed E-state index contributed by atoms with van der Waals surface area (Å²) in [6, 6.07) is 2.61. The van der Waals surface area contributed by atoms with E-state index in [1.807, 2.05) is 0 Å². The number of hydrogen-bond donors (Lipinski definition) is 2. The van der Waals surface area contributed by atoms with Gasteiger partial charge in [-0.1, -0.05) is 0 Å². The molecular formula is C12H12FNO4S. The minimum Gasteiger partial charge on any atom is -0.478 e. The van der Waals surface area contributed by atoms with Gasteiger partial charge in [-0.05, 0) is 24.6 Å². The summed E-state index contributed by atoms with van der Waals surface area (Å²) in [5, 5.41) is 8.65. The van der Waals surface area contributed by atoms with Gasteiger partial charge in [0.25, 0.3) is 0 Å². The highest BCUT2D eigenvalue weighted by Gasteiger charge is 2.19. The molecule has 0 heterocycles. The highest BCUT2D eigenvalue weighted by atomic mass is 32.2. The fraction of sp³-hybridized carbons (Fsp3) is 0.250.